The minimum Gasteiger partial charge on any atom is -0.490 e. The fourth-order valence-corrected chi connectivity index (χ4v) is 1.57. The summed E-state index contributed by atoms with van der Waals surface area (Å²) in [5.41, 5.74) is 1.53. The Morgan fingerprint density at radius 3 is 2.26 bits per heavy atom. The van der Waals surface area contributed by atoms with Gasteiger partial charge in [-0.3, -0.25) is 0 Å². The molecular weight excluding hydrogens is 258 g/mol. The molecule has 0 amide bonds. The third-order valence-electron chi connectivity index (χ3n) is 2.75. The fraction of sp³-hybridized carbons (Fsp3) is 0.500. The van der Waals surface area contributed by atoms with E-state index in [1.807, 2.05) is 18.2 Å². The Balaban J connectivity index is 0.00000324. The van der Waals surface area contributed by atoms with Crippen molar-refractivity contribution in [3.8, 4) is 5.75 Å². The van der Waals surface area contributed by atoms with Gasteiger partial charge in [-0.2, -0.15) is 0 Å². The van der Waals surface area contributed by atoms with Crippen molar-refractivity contribution in [3.63, 3.8) is 0 Å². The third-order valence-corrected chi connectivity index (χ3v) is 2.75. The van der Waals surface area contributed by atoms with E-state index in [2.05, 4.69) is 51.2 Å². The summed E-state index contributed by atoms with van der Waals surface area (Å²) in [5, 5.41) is 3.23. The molecule has 0 aliphatic rings. The Morgan fingerprint density at radius 2 is 1.74 bits per heavy atom. The second-order valence-corrected chi connectivity index (χ2v) is 5.36. The lowest BCUT2D eigenvalue weighted by molar-refractivity contribution is 0.362. The van der Waals surface area contributed by atoms with E-state index in [0.717, 1.165) is 18.8 Å². The molecule has 0 aliphatic carbocycles. The van der Waals surface area contributed by atoms with Gasteiger partial charge in [0.15, 0.2) is 0 Å². The lowest BCUT2D eigenvalue weighted by atomic mass is 9.87. The summed E-state index contributed by atoms with van der Waals surface area (Å²) in [5.74, 6) is 0.927. The zero-order valence-corrected chi connectivity index (χ0v) is 13.2. The first-order chi connectivity index (χ1) is 8.54. The van der Waals surface area contributed by atoms with Crippen LogP contribution in [0, 0.1) is 0 Å². The van der Waals surface area contributed by atoms with E-state index in [0.29, 0.717) is 6.61 Å². The molecular formula is C16H26ClNO. The number of hydrogen-bond donors (Lipinski definition) is 1. The van der Waals surface area contributed by atoms with Gasteiger partial charge in [0.25, 0.3) is 0 Å². The van der Waals surface area contributed by atoms with E-state index in [9.17, 15) is 0 Å². The highest BCUT2D eigenvalue weighted by Crippen LogP contribution is 2.24. The number of likely N-dealkylation sites (N-methyl/N-ethyl adjacent to an activating group) is 1. The first-order valence-corrected chi connectivity index (χ1v) is 6.63. The maximum Gasteiger partial charge on any atom is 0.119 e. The highest BCUT2D eigenvalue weighted by molar-refractivity contribution is 5.85. The minimum absolute atomic E-state index is 0. The van der Waals surface area contributed by atoms with Crippen molar-refractivity contribution >= 4 is 12.4 Å². The fourth-order valence-electron chi connectivity index (χ4n) is 1.57. The van der Waals surface area contributed by atoms with Crippen LogP contribution in [0.15, 0.2) is 36.4 Å². The molecule has 0 saturated carbocycles. The summed E-state index contributed by atoms with van der Waals surface area (Å²) in [7, 11) is 0. The van der Waals surface area contributed by atoms with Crippen LogP contribution in [-0.4, -0.2) is 19.7 Å². The zero-order valence-electron chi connectivity index (χ0n) is 12.4. The second-order valence-electron chi connectivity index (χ2n) is 5.36. The molecule has 0 saturated heterocycles. The van der Waals surface area contributed by atoms with Crippen LogP contribution in [-0.2, 0) is 5.41 Å². The van der Waals surface area contributed by atoms with E-state index in [1.165, 1.54) is 5.56 Å². The highest BCUT2D eigenvalue weighted by Gasteiger charge is 2.12. The predicted octanol–water partition coefficient (Wildman–Crippen LogP) is 3.95. The SMILES string of the molecule is CCNCC=CCOc1ccc(C(C)(C)C)cc1.Cl. The minimum atomic E-state index is 0. The standard InChI is InChI=1S/C16H25NO.ClH/c1-5-17-12-6-7-13-18-15-10-8-14(9-11-15)16(2,3)4;/h6-11,17H,5,12-13H2,1-4H3;1H. The van der Waals surface area contributed by atoms with Gasteiger partial charge in [0, 0.05) is 6.54 Å². The van der Waals surface area contributed by atoms with Crippen LogP contribution in [0.2, 0.25) is 0 Å². The highest BCUT2D eigenvalue weighted by atomic mass is 35.5. The number of rotatable bonds is 6. The topological polar surface area (TPSA) is 21.3 Å². The van der Waals surface area contributed by atoms with Crippen LogP contribution < -0.4 is 10.1 Å². The van der Waals surface area contributed by atoms with E-state index in [1.54, 1.807) is 0 Å². The van der Waals surface area contributed by atoms with Crippen molar-refractivity contribution in [2.45, 2.75) is 33.1 Å². The maximum absolute atomic E-state index is 5.64. The zero-order chi connectivity index (χ0) is 13.4. The molecule has 0 aliphatic heterocycles. The first-order valence-electron chi connectivity index (χ1n) is 6.63. The van der Waals surface area contributed by atoms with Gasteiger partial charge >= 0.3 is 0 Å². The summed E-state index contributed by atoms with van der Waals surface area (Å²) < 4.78 is 5.64. The smallest absolute Gasteiger partial charge is 0.119 e. The summed E-state index contributed by atoms with van der Waals surface area (Å²) in [6.07, 6.45) is 4.13. The molecule has 0 bridgehead atoms. The summed E-state index contributed by atoms with van der Waals surface area (Å²) in [6.45, 7) is 11.3. The number of benzene rings is 1. The molecule has 108 valence electrons. The molecule has 19 heavy (non-hydrogen) atoms. The number of halogens is 1. The largest absolute Gasteiger partial charge is 0.490 e. The van der Waals surface area contributed by atoms with Gasteiger partial charge < -0.3 is 10.1 Å². The molecule has 0 heterocycles. The quantitative estimate of drug-likeness (QED) is 0.630. The second kappa shape index (κ2) is 9.00. The van der Waals surface area contributed by atoms with Crippen molar-refractivity contribution in [1.82, 2.24) is 5.32 Å². The molecule has 0 spiro atoms. The monoisotopic (exact) mass is 283 g/mol. The molecule has 1 aromatic carbocycles. The normalized spacial score (nSPS) is 11.4. The van der Waals surface area contributed by atoms with Crippen LogP contribution in [0.25, 0.3) is 0 Å². The van der Waals surface area contributed by atoms with Gasteiger partial charge in [-0.1, -0.05) is 52.0 Å². The van der Waals surface area contributed by atoms with E-state index >= 15 is 0 Å². The van der Waals surface area contributed by atoms with Crippen LogP contribution in [0.1, 0.15) is 33.3 Å². The Kier molecular flexibility index (Phi) is 8.53. The molecule has 0 atom stereocenters. The van der Waals surface area contributed by atoms with Gasteiger partial charge in [0.2, 0.25) is 0 Å². The predicted molar refractivity (Wildman–Crippen MR) is 85.6 cm³/mol. The van der Waals surface area contributed by atoms with Gasteiger partial charge in [0.05, 0.1) is 0 Å². The molecule has 1 aromatic rings. The Morgan fingerprint density at radius 1 is 1.11 bits per heavy atom. The average molecular weight is 284 g/mol. The van der Waals surface area contributed by atoms with Crippen LogP contribution in [0.4, 0.5) is 0 Å². The molecule has 3 heteroatoms. The molecule has 1 N–H and O–H groups in total. The van der Waals surface area contributed by atoms with E-state index in [4.69, 9.17) is 4.74 Å². The number of hydrogen-bond acceptors (Lipinski definition) is 2. The van der Waals surface area contributed by atoms with Crippen LogP contribution in [0.5, 0.6) is 5.75 Å². The molecule has 2 nitrogen and oxygen atoms in total. The molecule has 0 unspecified atom stereocenters. The number of nitrogens with one attached hydrogen (secondary N) is 1. The lowest BCUT2D eigenvalue weighted by Gasteiger charge is -2.19. The van der Waals surface area contributed by atoms with Crippen molar-refractivity contribution in [2.75, 3.05) is 19.7 Å². The molecule has 0 radical (unpaired) electrons. The first kappa shape index (κ1) is 18.0. The molecule has 0 fully saturated rings. The van der Waals surface area contributed by atoms with Crippen molar-refractivity contribution in [2.24, 2.45) is 0 Å². The average Bonchev–Trinajstić information content (AvgIpc) is 2.33. The van der Waals surface area contributed by atoms with Gasteiger partial charge in [-0.25, -0.2) is 0 Å². The Bertz CT molecular complexity index is 365. The Hall–Kier alpha value is -0.990. The van der Waals surface area contributed by atoms with Crippen molar-refractivity contribution in [1.29, 1.82) is 0 Å². The summed E-state index contributed by atoms with van der Waals surface area (Å²) >= 11 is 0. The maximum atomic E-state index is 5.64. The summed E-state index contributed by atoms with van der Waals surface area (Å²) in [4.78, 5) is 0. The molecule has 0 aromatic heterocycles. The van der Waals surface area contributed by atoms with Crippen molar-refractivity contribution in [3.05, 3.63) is 42.0 Å². The third kappa shape index (κ3) is 7.24. The van der Waals surface area contributed by atoms with Gasteiger partial charge in [-0.15, -0.1) is 12.4 Å². The van der Waals surface area contributed by atoms with E-state index < -0.39 is 0 Å². The molecule has 1 rings (SSSR count). The van der Waals surface area contributed by atoms with E-state index in [-0.39, 0.29) is 17.8 Å². The van der Waals surface area contributed by atoms with Gasteiger partial charge in [0.1, 0.15) is 12.4 Å². The lowest BCUT2D eigenvalue weighted by Crippen LogP contribution is -2.12. The van der Waals surface area contributed by atoms with Crippen LogP contribution in [0.3, 0.4) is 0 Å². The summed E-state index contributed by atoms with van der Waals surface area (Å²) in [6, 6.07) is 8.35. The van der Waals surface area contributed by atoms with Crippen LogP contribution >= 0.6 is 12.4 Å². The number of ether oxygens (including phenoxy) is 1. The van der Waals surface area contributed by atoms with Gasteiger partial charge in [-0.05, 0) is 29.7 Å². The van der Waals surface area contributed by atoms with Crippen molar-refractivity contribution < 1.29 is 4.74 Å². The Labute approximate surface area is 123 Å².